The molecule has 0 aliphatic rings. The molecule has 0 aliphatic carbocycles. The van der Waals surface area contributed by atoms with Crippen LogP contribution < -0.4 is 10.6 Å². The number of amides is 2. The number of ether oxygens (including phenoxy) is 2. The van der Waals surface area contributed by atoms with Crippen LogP contribution in [0.3, 0.4) is 0 Å². The molecule has 0 heterocycles. The molecular weight excluding hydrogens is 406 g/mol. The fourth-order valence-corrected chi connectivity index (χ4v) is 3.00. The summed E-state index contributed by atoms with van der Waals surface area (Å²) in [6.45, 7) is 6.14. The van der Waals surface area contributed by atoms with Crippen molar-refractivity contribution in [3.8, 4) is 6.07 Å². The monoisotopic (exact) mass is 437 g/mol. The Morgan fingerprint density at radius 3 is 2.31 bits per heavy atom. The van der Waals surface area contributed by atoms with Crippen LogP contribution in [-0.2, 0) is 16.1 Å². The standard InChI is InChI=1S/C25H31N3O4/c1-25(2,3)32-24(30)28-22(21-14-12-19(17-26)13-15-21)11-7-8-16-27-23(29)31-18-20-9-5-4-6-10-20/h4-6,9-10,12-15,22H,7-8,11,16,18H2,1-3H3,(H,27,29)(H,28,30)/t22-/m0/s1. The first-order valence-corrected chi connectivity index (χ1v) is 10.7. The van der Waals surface area contributed by atoms with E-state index in [4.69, 9.17) is 14.7 Å². The molecule has 2 aromatic carbocycles. The van der Waals surface area contributed by atoms with Crippen LogP contribution in [0.1, 0.15) is 62.8 Å². The average molecular weight is 438 g/mol. The molecule has 170 valence electrons. The van der Waals surface area contributed by atoms with Gasteiger partial charge in [-0.15, -0.1) is 0 Å². The summed E-state index contributed by atoms with van der Waals surface area (Å²) >= 11 is 0. The van der Waals surface area contributed by atoms with Crippen LogP contribution >= 0.6 is 0 Å². The largest absolute Gasteiger partial charge is 0.445 e. The van der Waals surface area contributed by atoms with Gasteiger partial charge in [-0.25, -0.2) is 9.59 Å². The van der Waals surface area contributed by atoms with Gasteiger partial charge >= 0.3 is 12.2 Å². The van der Waals surface area contributed by atoms with Crippen LogP contribution in [0.5, 0.6) is 0 Å². The zero-order chi connectivity index (χ0) is 23.4. The number of benzene rings is 2. The number of nitriles is 1. The summed E-state index contributed by atoms with van der Waals surface area (Å²) in [5, 5.41) is 14.7. The molecule has 2 rings (SSSR count). The van der Waals surface area contributed by atoms with Crippen molar-refractivity contribution in [3.05, 3.63) is 71.3 Å². The predicted octanol–water partition coefficient (Wildman–Crippen LogP) is 5.22. The molecule has 0 spiro atoms. The summed E-state index contributed by atoms with van der Waals surface area (Å²) < 4.78 is 10.6. The van der Waals surface area contributed by atoms with E-state index in [0.717, 1.165) is 24.0 Å². The quantitative estimate of drug-likeness (QED) is 0.524. The van der Waals surface area contributed by atoms with E-state index >= 15 is 0 Å². The second-order valence-electron chi connectivity index (χ2n) is 8.42. The Balaban J connectivity index is 1.80. The third kappa shape index (κ3) is 9.52. The Bertz CT molecular complexity index is 900. The number of nitrogens with one attached hydrogen (secondary N) is 2. The fourth-order valence-electron chi connectivity index (χ4n) is 3.00. The van der Waals surface area contributed by atoms with Crippen molar-refractivity contribution in [1.82, 2.24) is 10.6 Å². The minimum atomic E-state index is -0.594. The van der Waals surface area contributed by atoms with Crippen LogP contribution in [0.15, 0.2) is 54.6 Å². The summed E-state index contributed by atoms with van der Waals surface area (Å²) in [5.74, 6) is 0. The molecule has 2 N–H and O–H groups in total. The van der Waals surface area contributed by atoms with Crippen molar-refractivity contribution >= 4 is 12.2 Å². The molecule has 0 unspecified atom stereocenters. The lowest BCUT2D eigenvalue weighted by molar-refractivity contribution is 0.0500. The van der Waals surface area contributed by atoms with Gasteiger partial charge in [-0.2, -0.15) is 5.26 Å². The van der Waals surface area contributed by atoms with Gasteiger partial charge in [-0.3, -0.25) is 0 Å². The van der Waals surface area contributed by atoms with Crippen molar-refractivity contribution in [2.24, 2.45) is 0 Å². The zero-order valence-electron chi connectivity index (χ0n) is 18.9. The van der Waals surface area contributed by atoms with Gasteiger partial charge in [0.25, 0.3) is 0 Å². The summed E-state index contributed by atoms with van der Waals surface area (Å²) in [6.07, 6.45) is 1.20. The maximum atomic E-state index is 12.3. The van der Waals surface area contributed by atoms with Crippen LogP contribution in [0.4, 0.5) is 9.59 Å². The van der Waals surface area contributed by atoms with Crippen molar-refractivity contribution < 1.29 is 19.1 Å². The second-order valence-corrected chi connectivity index (χ2v) is 8.42. The highest BCUT2D eigenvalue weighted by Gasteiger charge is 2.20. The van der Waals surface area contributed by atoms with E-state index in [2.05, 4.69) is 16.7 Å². The van der Waals surface area contributed by atoms with Gasteiger partial charge in [0.2, 0.25) is 0 Å². The fraction of sp³-hybridized carbons (Fsp3) is 0.400. The third-order valence-electron chi connectivity index (χ3n) is 4.53. The lowest BCUT2D eigenvalue weighted by Gasteiger charge is -2.24. The number of nitrogens with zero attached hydrogens (tertiary/aromatic N) is 1. The number of carbonyl (C=O) groups excluding carboxylic acids is 2. The highest BCUT2D eigenvalue weighted by Crippen LogP contribution is 2.21. The summed E-state index contributed by atoms with van der Waals surface area (Å²) in [4.78, 5) is 24.1. The van der Waals surface area contributed by atoms with Gasteiger partial charge in [-0.1, -0.05) is 42.5 Å². The Labute approximate surface area is 189 Å². The number of hydrogen-bond donors (Lipinski definition) is 2. The summed E-state index contributed by atoms with van der Waals surface area (Å²) in [6, 6.07) is 18.4. The average Bonchev–Trinajstić information content (AvgIpc) is 2.76. The van der Waals surface area contributed by atoms with Gasteiger partial charge in [0.15, 0.2) is 0 Å². The van der Waals surface area contributed by atoms with Crippen LogP contribution in [0.25, 0.3) is 0 Å². The van der Waals surface area contributed by atoms with Crippen molar-refractivity contribution in [2.75, 3.05) is 6.54 Å². The summed E-state index contributed by atoms with van der Waals surface area (Å²) in [7, 11) is 0. The Morgan fingerprint density at radius 1 is 1.00 bits per heavy atom. The lowest BCUT2D eigenvalue weighted by atomic mass is 10.00. The predicted molar refractivity (Wildman–Crippen MR) is 122 cm³/mol. The zero-order valence-corrected chi connectivity index (χ0v) is 18.9. The smallest absolute Gasteiger partial charge is 0.408 e. The van der Waals surface area contributed by atoms with Crippen molar-refractivity contribution in [3.63, 3.8) is 0 Å². The Kier molecular flexibility index (Phi) is 9.55. The first-order chi connectivity index (χ1) is 15.3. The maximum absolute atomic E-state index is 12.3. The Morgan fingerprint density at radius 2 is 1.69 bits per heavy atom. The van der Waals surface area contributed by atoms with Crippen LogP contribution in [0.2, 0.25) is 0 Å². The van der Waals surface area contributed by atoms with E-state index < -0.39 is 17.8 Å². The van der Waals surface area contributed by atoms with Gasteiger partial charge in [0, 0.05) is 6.54 Å². The molecule has 0 saturated heterocycles. The van der Waals surface area contributed by atoms with Gasteiger partial charge < -0.3 is 20.1 Å². The van der Waals surface area contributed by atoms with Crippen molar-refractivity contribution in [2.45, 2.75) is 58.3 Å². The van der Waals surface area contributed by atoms with E-state index in [-0.39, 0.29) is 12.6 Å². The Hall–Kier alpha value is -3.53. The minimum Gasteiger partial charge on any atom is -0.445 e. The first kappa shape index (κ1) is 24.7. The molecule has 0 saturated carbocycles. The van der Waals surface area contributed by atoms with Gasteiger partial charge in [0.1, 0.15) is 12.2 Å². The molecule has 0 radical (unpaired) electrons. The lowest BCUT2D eigenvalue weighted by Crippen LogP contribution is -2.35. The molecular formula is C25H31N3O4. The number of unbranched alkanes of at least 4 members (excludes halogenated alkanes) is 1. The highest BCUT2D eigenvalue weighted by atomic mass is 16.6. The van der Waals surface area contributed by atoms with E-state index in [1.807, 2.05) is 63.2 Å². The highest BCUT2D eigenvalue weighted by molar-refractivity contribution is 5.68. The normalized spacial score (nSPS) is 11.7. The van der Waals surface area contributed by atoms with E-state index in [0.29, 0.717) is 18.5 Å². The first-order valence-electron chi connectivity index (χ1n) is 10.7. The second kappa shape index (κ2) is 12.4. The van der Waals surface area contributed by atoms with Gasteiger partial charge in [-0.05, 0) is 63.3 Å². The molecule has 2 aromatic rings. The molecule has 0 aliphatic heterocycles. The molecule has 2 amide bonds. The number of rotatable bonds is 9. The van der Waals surface area contributed by atoms with E-state index in [1.54, 1.807) is 12.1 Å². The van der Waals surface area contributed by atoms with Gasteiger partial charge in [0.05, 0.1) is 17.7 Å². The molecule has 0 fully saturated rings. The molecule has 0 bridgehead atoms. The van der Waals surface area contributed by atoms with Crippen molar-refractivity contribution in [1.29, 1.82) is 5.26 Å². The van der Waals surface area contributed by atoms with Crippen LogP contribution in [0, 0.1) is 11.3 Å². The molecule has 1 atom stereocenters. The van der Waals surface area contributed by atoms with E-state index in [9.17, 15) is 9.59 Å². The molecule has 7 nitrogen and oxygen atoms in total. The maximum Gasteiger partial charge on any atom is 0.408 e. The number of carbonyl (C=O) groups is 2. The minimum absolute atomic E-state index is 0.229. The number of hydrogen-bond acceptors (Lipinski definition) is 5. The molecule has 32 heavy (non-hydrogen) atoms. The molecule has 7 heteroatoms. The molecule has 0 aromatic heterocycles. The topological polar surface area (TPSA) is 100 Å². The van der Waals surface area contributed by atoms with Crippen LogP contribution in [-0.4, -0.2) is 24.3 Å². The number of alkyl carbamates (subject to hydrolysis) is 2. The SMILES string of the molecule is CC(C)(C)OC(=O)N[C@@H](CCCCNC(=O)OCc1ccccc1)c1ccc(C#N)cc1. The third-order valence-corrected chi connectivity index (χ3v) is 4.53. The van der Waals surface area contributed by atoms with E-state index in [1.165, 1.54) is 0 Å². The summed E-state index contributed by atoms with van der Waals surface area (Å²) in [5.41, 5.74) is 1.79.